The minimum atomic E-state index is 0.752. The summed E-state index contributed by atoms with van der Waals surface area (Å²) in [6.07, 6.45) is 4.04. The van der Waals surface area contributed by atoms with Crippen LogP contribution in [0.15, 0.2) is 30.3 Å². The van der Waals surface area contributed by atoms with E-state index in [-0.39, 0.29) is 0 Å². The zero-order valence-electron chi connectivity index (χ0n) is 12.3. The lowest BCUT2D eigenvalue weighted by Gasteiger charge is -2.24. The highest BCUT2D eigenvalue weighted by Gasteiger charge is 2.23. The van der Waals surface area contributed by atoms with Gasteiger partial charge in [-0.25, -0.2) is 0 Å². The zero-order valence-corrected chi connectivity index (χ0v) is 13.1. The molecule has 20 heavy (non-hydrogen) atoms. The lowest BCUT2D eigenvalue weighted by molar-refractivity contribution is 0.320. The van der Waals surface area contributed by atoms with E-state index < -0.39 is 0 Å². The second kappa shape index (κ2) is 7.48. The van der Waals surface area contributed by atoms with Crippen LogP contribution in [0.3, 0.4) is 0 Å². The molecule has 2 aliphatic rings. The van der Waals surface area contributed by atoms with Gasteiger partial charge in [0.2, 0.25) is 0 Å². The number of likely N-dealkylation sites (tertiary alicyclic amines) is 1. The van der Waals surface area contributed by atoms with Crippen molar-refractivity contribution in [1.82, 2.24) is 10.2 Å². The molecule has 110 valence electrons. The van der Waals surface area contributed by atoms with Gasteiger partial charge in [0.1, 0.15) is 0 Å². The Labute approximate surface area is 127 Å². The first-order valence-electron chi connectivity index (χ1n) is 8.00. The van der Waals surface area contributed by atoms with Crippen molar-refractivity contribution in [2.45, 2.75) is 31.2 Å². The molecular weight excluding hydrogens is 264 g/mol. The summed E-state index contributed by atoms with van der Waals surface area (Å²) in [5.41, 5.74) is 1.52. The van der Waals surface area contributed by atoms with Gasteiger partial charge in [-0.2, -0.15) is 11.8 Å². The molecule has 2 fully saturated rings. The molecule has 2 heterocycles. The van der Waals surface area contributed by atoms with E-state index in [0.29, 0.717) is 0 Å². The molecule has 0 radical (unpaired) electrons. The number of hydrogen-bond acceptors (Lipinski definition) is 3. The average Bonchev–Trinajstić information content (AvgIpc) is 2.98. The summed E-state index contributed by atoms with van der Waals surface area (Å²) in [7, 11) is 0. The van der Waals surface area contributed by atoms with Crippen molar-refractivity contribution in [3.63, 3.8) is 0 Å². The normalized spacial score (nSPS) is 25.1. The topological polar surface area (TPSA) is 15.3 Å². The zero-order chi connectivity index (χ0) is 13.6. The van der Waals surface area contributed by atoms with Gasteiger partial charge in [-0.05, 0) is 48.8 Å². The average molecular weight is 290 g/mol. The lowest BCUT2D eigenvalue weighted by Crippen LogP contribution is -2.38. The Hall–Kier alpha value is -0.510. The summed E-state index contributed by atoms with van der Waals surface area (Å²) in [6, 6.07) is 11.8. The lowest BCUT2D eigenvalue weighted by atomic mass is 9.99. The Kier molecular flexibility index (Phi) is 5.40. The molecule has 3 rings (SSSR count). The van der Waals surface area contributed by atoms with E-state index in [2.05, 4.69) is 52.3 Å². The molecule has 1 unspecified atom stereocenters. The molecule has 0 saturated carbocycles. The largest absolute Gasteiger partial charge is 0.313 e. The monoisotopic (exact) mass is 290 g/mol. The van der Waals surface area contributed by atoms with E-state index in [0.717, 1.165) is 18.5 Å². The van der Waals surface area contributed by atoms with Gasteiger partial charge in [-0.15, -0.1) is 0 Å². The first-order valence-corrected chi connectivity index (χ1v) is 9.16. The fourth-order valence-electron chi connectivity index (χ4n) is 3.36. The first-order chi connectivity index (χ1) is 9.92. The van der Waals surface area contributed by atoms with Crippen molar-refractivity contribution in [3.8, 4) is 0 Å². The van der Waals surface area contributed by atoms with Crippen LogP contribution in [0.2, 0.25) is 0 Å². The summed E-state index contributed by atoms with van der Waals surface area (Å²) in [5, 5.41) is 3.75. The molecule has 1 atom stereocenters. The predicted molar refractivity (Wildman–Crippen MR) is 88.6 cm³/mol. The molecule has 2 saturated heterocycles. The molecule has 0 aromatic heterocycles. The van der Waals surface area contributed by atoms with Crippen molar-refractivity contribution < 1.29 is 0 Å². The third-order valence-corrected chi connectivity index (χ3v) is 5.67. The Morgan fingerprint density at radius 2 is 1.90 bits per heavy atom. The highest BCUT2D eigenvalue weighted by molar-refractivity contribution is 7.99. The third-order valence-electron chi connectivity index (χ3n) is 4.63. The Balaban J connectivity index is 1.37. The fourth-order valence-corrected chi connectivity index (χ4v) is 4.47. The molecule has 2 aliphatic heterocycles. The van der Waals surface area contributed by atoms with Crippen LogP contribution < -0.4 is 5.32 Å². The van der Waals surface area contributed by atoms with E-state index in [1.165, 1.54) is 56.0 Å². The summed E-state index contributed by atoms with van der Waals surface area (Å²) in [6.45, 7) is 4.89. The molecular formula is C17H26N2S. The van der Waals surface area contributed by atoms with Gasteiger partial charge in [0, 0.05) is 25.7 Å². The number of nitrogens with zero attached hydrogens (tertiary/aromatic N) is 1. The van der Waals surface area contributed by atoms with Gasteiger partial charge in [-0.3, -0.25) is 0 Å². The highest BCUT2D eigenvalue weighted by Crippen LogP contribution is 2.26. The molecule has 1 aromatic rings. The van der Waals surface area contributed by atoms with Crippen LogP contribution in [0.4, 0.5) is 0 Å². The van der Waals surface area contributed by atoms with Crippen molar-refractivity contribution in [1.29, 1.82) is 0 Å². The van der Waals surface area contributed by atoms with Gasteiger partial charge in [0.25, 0.3) is 0 Å². The van der Waals surface area contributed by atoms with Gasteiger partial charge < -0.3 is 10.2 Å². The minimum Gasteiger partial charge on any atom is -0.313 e. The van der Waals surface area contributed by atoms with Crippen LogP contribution in [0.25, 0.3) is 0 Å². The maximum absolute atomic E-state index is 3.75. The van der Waals surface area contributed by atoms with Gasteiger partial charge in [0.15, 0.2) is 0 Å². The summed E-state index contributed by atoms with van der Waals surface area (Å²) >= 11 is 2.10. The smallest absolute Gasteiger partial charge is 0.0107 e. The van der Waals surface area contributed by atoms with Crippen LogP contribution in [-0.2, 0) is 0 Å². The summed E-state index contributed by atoms with van der Waals surface area (Å²) in [5.74, 6) is 3.44. The number of nitrogens with one attached hydrogen (secondary N) is 1. The van der Waals surface area contributed by atoms with Gasteiger partial charge in [-0.1, -0.05) is 30.3 Å². The molecule has 1 aromatic carbocycles. The van der Waals surface area contributed by atoms with Crippen LogP contribution in [0.5, 0.6) is 0 Å². The number of thioether (sulfide) groups is 1. The van der Waals surface area contributed by atoms with E-state index in [4.69, 9.17) is 0 Å². The molecule has 0 spiro atoms. The van der Waals surface area contributed by atoms with E-state index in [1.54, 1.807) is 0 Å². The second-order valence-corrected chi connectivity index (χ2v) is 7.26. The molecule has 1 N–H and O–H groups in total. The van der Waals surface area contributed by atoms with Crippen molar-refractivity contribution in [3.05, 3.63) is 35.9 Å². The maximum atomic E-state index is 3.75. The summed E-state index contributed by atoms with van der Waals surface area (Å²) < 4.78 is 0. The minimum absolute atomic E-state index is 0.752. The van der Waals surface area contributed by atoms with E-state index >= 15 is 0 Å². The van der Waals surface area contributed by atoms with Gasteiger partial charge in [0.05, 0.1) is 0 Å². The quantitative estimate of drug-likeness (QED) is 0.897. The predicted octanol–water partition coefficient (Wildman–Crippen LogP) is 2.96. The van der Waals surface area contributed by atoms with E-state index in [1.807, 2.05) is 0 Å². The Morgan fingerprint density at radius 3 is 2.70 bits per heavy atom. The number of rotatable bonds is 5. The first kappa shape index (κ1) is 14.4. The van der Waals surface area contributed by atoms with Crippen LogP contribution in [0, 0.1) is 0 Å². The Bertz CT molecular complexity index is 389. The Morgan fingerprint density at radius 1 is 1.10 bits per heavy atom. The van der Waals surface area contributed by atoms with E-state index in [9.17, 15) is 0 Å². The van der Waals surface area contributed by atoms with Crippen LogP contribution in [-0.4, -0.2) is 48.6 Å². The highest BCUT2D eigenvalue weighted by atomic mass is 32.2. The van der Waals surface area contributed by atoms with Crippen LogP contribution >= 0.6 is 11.8 Å². The molecule has 0 bridgehead atoms. The number of hydrogen-bond donors (Lipinski definition) is 1. The molecule has 0 amide bonds. The summed E-state index contributed by atoms with van der Waals surface area (Å²) in [4.78, 5) is 2.63. The second-order valence-electron chi connectivity index (χ2n) is 6.04. The number of benzene rings is 1. The standard InChI is InChI=1S/C17H26N2S/c1-2-4-15(5-3-1)16-6-10-19(14-16)11-9-18-17-7-12-20-13-8-17/h1-5,16-18H,6-14H2. The molecule has 2 nitrogen and oxygen atoms in total. The third kappa shape index (κ3) is 4.00. The molecule has 0 aliphatic carbocycles. The SMILES string of the molecule is c1ccc(C2CCN(CCNC3CCSCC3)C2)cc1. The maximum Gasteiger partial charge on any atom is 0.0107 e. The van der Waals surface area contributed by atoms with Gasteiger partial charge >= 0.3 is 0 Å². The van der Waals surface area contributed by atoms with Crippen LogP contribution in [0.1, 0.15) is 30.7 Å². The van der Waals surface area contributed by atoms with Crippen molar-refractivity contribution in [2.24, 2.45) is 0 Å². The fraction of sp³-hybridized carbons (Fsp3) is 0.647. The molecule has 3 heteroatoms. The van der Waals surface area contributed by atoms with Crippen molar-refractivity contribution >= 4 is 11.8 Å². The van der Waals surface area contributed by atoms with Crippen molar-refractivity contribution in [2.75, 3.05) is 37.7 Å².